The summed E-state index contributed by atoms with van der Waals surface area (Å²) in [5.41, 5.74) is 3.90. The van der Waals surface area contributed by atoms with E-state index in [-0.39, 0.29) is 11.5 Å². The summed E-state index contributed by atoms with van der Waals surface area (Å²) in [6.45, 7) is 1.36. The molecule has 4 rings (SSSR count). The van der Waals surface area contributed by atoms with E-state index in [1.807, 2.05) is 23.2 Å². The van der Waals surface area contributed by atoms with E-state index < -0.39 is 0 Å². The summed E-state index contributed by atoms with van der Waals surface area (Å²) in [7, 11) is 3.33. The Bertz CT molecular complexity index is 927. The minimum absolute atomic E-state index is 0.00326. The molecule has 0 unspecified atom stereocenters. The molecule has 1 amide bonds. The molecule has 142 valence electrons. The number of fused-ring (bicyclic) bond motifs is 1. The molecule has 2 aromatic rings. The van der Waals surface area contributed by atoms with E-state index in [2.05, 4.69) is 4.98 Å². The van der Waals surface area contributed by atoms with Crippen LogP contribution >= 0.6 is 0 Å². The Morgan fingerprint density at radius 2 is 2.00 bits per heavy atom. The monoisotopic (exact) mass is 367 g/mol. The van der Waals surface area contributed by atoms with Gasteiger partial charge in [0.1, 0.15) is 5.56 Å². The summed E-state index contributed by atoms with van der Waals surface area (Å²) in [6.07, 6.45) is 6.57. The predicted octanol–water partition coefficient (Wildman–Crippen LogP) is 2.30. The van der Waals surface area contributed by atoms with Gasteiger partial charge in [0, 0.05) is 38.1 Å². The number of aryl methyl sites for hydroxylation is 3. The number of rotatable bonds is 3. The fraction of sp³-hybridized carbons (Fsp3) is 0.476. The van der Waals surface area contributed by atoms with Crippen molar-refractivity contribution in [3.63, 3.8) is 0 Å². The molecule has 1 fully saturated rings. The molecule has 1 aliphatic carbocycles. The molecule has 1 aliphatic heterocycles. The highest BCUT2D eigenvalue weighted by Crippen LogP contribution is 2.31. The van der Waals surface area contributed by atoms with Crippen LogP contribution in [0.25, 0.3) is 0 Å². The number of aromatic nitrogens is 2. The molecular weight excluding hydrogens is 342 g/mol. The molecular formula is C21H25N3O3. The van der Waals surface area contributed by atoms with Crippen LogP contribution in [0.2, 0.25) is 0 Å². The second-order valence-electron chi connectivity index (χ2n) is 7.48. The molecule has 0 N–H and O–H groups in total. The van der Waals surface area contributed by atoms with E-state index in [1.54, 1.807) is 24.8 Å². The van der Waals surface area contributed by atoms with Crippen LogP contribution in [0.4, 0.5) is 0 Å². The van der Waals surface area contributed by atoms with Crippen LogP contribution in [0.1, 0.15) is 52.4 Å². The van der Waals surface area contributed by atoms with Crippen molar-refractivity contribution in [3.05, 3.63) is 57.1 Å². The van der Waals surface area contributed by atoms with E-state index in [1.165, 1.54) is 5.56 Å². The van der Waals surface area contributed by atoms with Gasteiger partial charge in [0.05, 0.1) is 7.11 Å². The SMILES string of the molecule is COc1nc2c(cc1C(=O)N1CCC(c3ccn(C)c(=O)c3)CC1)CCC2. The normalized spacial score (nSPS) is 17.0. The van der Waals surface area contributed by atoms with Crippen molar-refractivity contribution in [2.45, 2.75) is 38.0 Å². The van der Waals surface area contributed by atoms with Gasteiger partial charge in [-0.15, -0.1) is 0 Å². The third-order valence-corrected chi connectivity index (χ3v) is 5.82. The number of hydrogen-bond donors (Lipinski definition) is 0. The first-order valence-corrected chi connectivity index (χ1v) is 9.59. The summed E-state index contributed by atoms with van der Waals surface area (Å²) in [6, 6.07) is 5.70. The third kappa shape index (κ3) is 3.36. The Hall–Kier alpha value is -2.63. The number of amides is 1. The molecule has 3 heterocycles. The van der Waals surface area contributed by atoms with Crippen molar-refractivity contribution in [2.24, 2.45) is 7.05 Å². The highest BCUT2D eigenvalue weighted by atomic mass is 16.5. The topological polar surface area (TPSA) is 64.4 Å². The third-order valence-electron chi connectivity index (χ3n) is 5.82. The number of piperidine rings is 1. The first-order chi connectivity index (χ1) is 13.1. The minimum atomic E-state index is -0.00326. The number of methoxy groups -OCH3 is 1. The van der Waals surface area contributed by atoms with Gasteiger partial charge in [-0.3, -0.25) is 9.59 Å². The first kappa shape index (κ1) is 17.8. The highest BCUT2D eigenvalue weighted by Gasteiger charge is 2.28. The summed E-state index contributed by atoms with van der Waals surface area (Å²) in [5, 5.41) is 0. The van der Waals surface area contributed by atoms with Crippen LogP contribution in [0, 0.1) is 0 Å². The summed E-state index contributed by atoms with van der Waals surface area (Å²) in [5.74, 6) is 0.758. The number of hydrogen-bond acceptors (Lipinski definition) is 4. The van der Waals surface area contributed by atoms with Crippen LogP contribution < -0.4 is 10.3 Å². The van der Waals surface area contributed by atoms with Gasteiger partial charge in [0.15, 0.2) is 0 Å². The maximum atomic E-state index is 13.1. The van der Waals surface area contributed by atoms with Gasteiger partial charge in [-0.1, -0.05) is 0 Å². The second kappa shape index (κ2) is 7.18. The molecule has 2 aromatic heterocycles. The van der Waals surface area contributed by atoms with E-state index in [4.69, 9.17) is 4.74 Å². The van der Waals surface area contributed by atoms with Crippen molar-refractivity contribution in [3.8, 4) is 5.88 Å². The molecule has 0 aromatic carbocycles. The Morgan fingerprint density at radius 1 is 1.22 bits per heavy atom. The number of ether oxygens (including phenoxy) is 1. The van der Waals surface area contributed by atoms with Crippen molar-refractivity contribution in [2.75, 3.05) is 20.2 Å². The van der Waals surface area contributed by atoms with Crippen molar-refractivity contribution in [1.29, 1.82) is 0 Å². The van der Waals surface area contributed by atoms with Gasteiger partial charge in [-0.05, 0) is 61.3 Å². The molecule has 0 saturated carbocycles. The Labute approximate surface area is 158 Å². The molecule has 1 saturated heterocycles. The first-order valence-electron chi connectivity index (χ1n) is 9.59. The number of carbonyl (C=O) groups excluding carboxylic acids is 1. The van der Waals surface area contributed by atoms with Crippen molar-refractivity contribution < 1.29 is 9.53 Å². The van der Waals surface area contributed by atoms with Crippen LogP contribution in [-0.4, -0.2) is 40.6 Å². The Morgan fingerprint density at radius 3 is 2.70 bits per heavy atom. The standard InChI is InChI=1S/C21H25N3O3/c1-23-9-6-15(13-19(23)25)14-7-10-24(11-8-14)21(26)17-12-16-4-3-5-18(16)22-20(17)27-2/h6,9,12-14H,3-5,7-8,10-11H2,1-2H3. The second-order valence-corrected chi connectivity index (χ2v) is 7.48. The van der Waals surface area contributed by atoms with Gasteiger partial charge >= 0.3 is 0 Å². The van der Waals surface area contributed by atoms with E-state index in [0.29, 0.717) is 30.5 Å². The summed E-state index contributed by atoms with van der Waals surface area (Å²) in [4.78, 5) is 31.4. The molecule has 0 bridgehead atoms. The maximum Gasteiger partial charge on any atom is 0.259 e. The molecule has 6 nitrogen and oxygen atoms in total. The fourth-order valence-corrected chi connectivity index (χ4v) is 4.17. The average Bonchev–Trinajstić information content (AvgIpc) is 3.16. The molecule has 6 heteroatoms. The zero-order valence-electron chi connectivity index (χ0n) is 15.9. The number of likely N-dealkylation sites (tertiary alicyclic amines) is 1. The van der Waals surface area contributed by atoms with Crippen LogP contribution in [0.3, 0.4) is 0 Å². The lowest BCUT2D eigenvalue weighted by atomic mass is 9.90. The van der Waals surface area contributed by atoms with Gasteiger partial charge in [-0.25, -0.2) is 4.98 Å². The lowest BCUT2D eigenvalue weighted by molar-refractivity contribution is 0.0708. The van der Waals surface area contributed by atoms with Crippen LogP contribution in [0.15, 0.2) is 29.2 Å². The zero-order chi connectivity index (χ0) is 19.0. The molecule has 0 atom stereocenters. The lowest BCUT2D eigenvalue weighted by Gasteiger charge is -2.32. The number of carbonyl (C=O) groups is 1. The van der Waals surface area contributed by atoms with Gasteiger partial charge in [0.2, 0.25) is 5.88 Å². The van der Waals surface area contributed by atoms with E-state index in [9.17, 15) is 9.59 Å². The highest BCUT2D eigenvalue weighted by molar-refractivity contribution is 5.96. The molecule has 27 heavy (non-hydrogen) atoms. The van der Waals surface area contributed by atoms with Gasteiger partial charge < -0.3 is 14.2 Å². The van der Waals surface area contributed by atoms with E-state index >= 15 is 0 Å². The van der Waals surface area contributed by atoms with Crippen molar-refractivity contribution >= 4 is 5.91 Å². The number of nitrogens with zero attached hydrogens (tertiary/aromatic N) is 3. The minimum Gasteiger partial charge on any atom is -0.480 e. The molecule has 2 aliphatic rings. The molecule has 0 spiro atoms. The van der Waals surface area contributed by atoms with Crippen LogP contribution in [0.5, 0.6) is 5.88 Å². The lowest BCUT2D eigenvalue weighted by Crippen LogP contribution is -2.38. The van der Waals surface area contributed by atoms with Gasteiger partial charge in [-0.2, -0.15) is 0 Å². The smallest absolute Gasteiger partial charge is 0.259 e. The largest absolute Gasteiger partial charge is 0.480 e. The molecule has 0 radical (unpaired) electrons. The zero-order valence-corrected chi connectivity index (χ0v) is 15.9. The number of pyridine rings is 2. The quantitative estimate of drug-likeness (QED) is 0.835. The van der Waals surface area contributed by atoms with Crippen LogP contribution in [-0.2, 0) is 19.9 Å². The predicted molar refractivity (Wildman–Crippen MR) is 102 cm³/mol. The van der Waals surface area contributed by atoms with Crippen molar-refractivity contribution in [1.82, 2.24) is 14.5 Å². The Kier molecular flexibility index (Phi) is 4.72. The van der Waals surface area contributed by atoms with E-state index in [0.717, 1.165) is 43.4 Å². The average molecular weight is 367 g/mol. The summed E-state index contributed by atoms with van der Waals surface area (Å²) < 4.78 is 6.98. The van der Waals surface area contributed by atoms with Gasteiger partial charge in [0.25, 0.3) is 11.5 Å². The Balaban J connectivity index is 1.49. The fourth-order valence-electron chi connectivity index (χ4n) is 4.17. The maximum absolute atomic E-state index is 13.1. The summed E-state index contributed by atoms with van der Waals surface area (Å²) >= 11 is 0.